The van der Waals surface area contributed by atoms with E-state index in [1.807, 2.05) is 0 Å². The molecule has 1 aromatic heterocycles. The van der Waals surface area contributed by atoms with Gasteiger partial charge in [-0.25, -0.2) is 9.79 Å². The largest absolute Gasteiger partial charge is 0.507 e. The number of hydrogen-bond donors (Lipinski definition) is 1. The summed E-state index contributed by atoms with van der Waals surface area (Å²) >= 11 is 13.7. The van der Waals surface area contributed by atoms with Crippen LogP contribution in [0.1, 0.15) is 31.0 Å². The molecule has 6 nitrogen and oxygen atoms in total. The van der Waals surface area contributed by atoms with Gasteiger partial charge in [0.2, 0.25) is 0 Å². The van der Waals surface area contributed by atoms with Crippen LogP contribution in [0.5, 0.6) is 5.75 Å². The molecule has 2 heterocycles. The van der Waals surface area contributed by atoms with E-state index in [9.17, 15) is 14.7 Å². The van der Waals surface area contributed by atoms with E-state index in [1.165, 1.54) is 10.6 Å². The number of nitrogens with zero attached hydrogens (tertiary/aromatic N) is 2. The van der Waals surface area contributed by atoms with Crippen LogP contribution in [0.2, 0.25) is 10.0 Å². The van der Waals surface area contributed by atoms with Gasteiger partial charge < -0.3 is 9.84 Å². The van der Waals surface area contributed by atoms with Crippen LogP contribution >= 0.6 is 34.5 Å². The van der Waals surface area contributed by atoms with Crippen molar-refractivity contribution in [2.45, 2.75) is 19.9 Å². The normalized spacial score (nSPS) is 16.0. The number of esters is 1. The van der Waals surface area contributed by atoms with Crippen LogP contribution in [0.25, 0.3) is 6.08 Å². The molecule has 0 saturated heterocycles. The summed E-state index contributed by atoms with van der Waals surface area (Å²) in [7, 11) is 0. The van der Waals surface area contributed by atoms with Crippen molar-refractivity contribution in [1.82, 2.24) is 4.57 Å². The molecule has 0 fully saturated rings. The van der Waals surface area contributed by atoms with Crippen LogP contribution < -0.4 is 14.9 Å². The average Bonchev–Trinajstić information content (AvgIpc) is 3.05. The number of allylic oxidation sites excluding steroid dienone is 1. The predicted octanol–water partition coefficient (Wildman–Crippen LogP) is 3.81. The molecule has 1 atom stereocenters. The van der Waals surface area contributed by atoms with Crippen molar-refractivity contribution in [3.05, 3.63) is 94.6 Å². The van der Waals surface area contributed by atoms with E-state index in [4.69, 9.17) is 27.9 Å². The summed E-state index contributed by atoms with van der Waals surface area (Å²) in [6, 6.07) is 10.8. The topological polar surface area (TPSA) is 80.9 Å². The molecule has 3 aromatic rings. The Bertz CT molecular complexity index is 1440. The van der Waals surface area contributed by atoms with Crippen molar-refractivity contribution in [3.8, 4) is 5.75 Å². The fraction of sp³-hybridized carbons (Fsp3) is 0.174. The van der Waals surface area contributed by atoms with Gasteiger partial charge in [-0.3, -0.25) is 9.36 Å². The zero-order chi connectivity index (χ0) is 23.0. The number of aromatic hydroxyl groups is 1. The molecule has 0 spiro atoms. The van der Waals surface area contributed by atoms with Gasteiger partial charge in [0.15, 0.2) is 4.80 Å². The second kappa shape index (κ2) is 8.94. The first-order valence-corrected chi connectivity index (χ1v) is 11.3. The Morgan fingerprint density at radius 1 is 1.28 bits per heavy atom. The van der Waals surface area contributed by atoms with Gasteiger partial charge in [-0.05, 0) is 49.8 Å². The molecule has 4 rings (SSSR count). The van der Waals surface area contributed by atoms with E-state index >= 15 is 0 Å². The lowest BCUT2D eigenvalue weighted by molar-refractivity contribution is -0.139. The Morgan fingerprint density at radius 3 is 2.75 bits per heavy atom. The van der Waals surface area contributed by atoms with Crippen LogP contribution in [0, 0.1) is 0 Å². The Morgan fingerprint density at radius 2 is 2.03 bits per heavy atom. The minimum absolute atomic E-state index is 0.00807. The summed E-state index contributed by atoms with van der Waals surface area (Å²) in [6.07, 6.45) is 1.55. The predicted molar refractivity (Wildman–Crippen MR) is 125 cm³/mol. The summed E-state index contributed by atoms with van der Waals surface area (Å²) in [6.45, 7) is 3.60. The van der Waals surface area contributed by atoms with Gasteiger partial charge in [-0.1, -0.05) is 52.7 Å². The Kier molecular flexibility index (Phi) is 6.24. The summed E-state index contributed by atoms with van der Waals surface area (Å²) in [4.78, 5) is 31.3. The highest BCUT2D eigenvalue weighted by molar-refractivity contribution is 7.07. The number of rotatable bonds is 4. The zero-order valence-corrected chi connectivity index (χ0v) is 19.5. The molecule has 32 heavy (non-hydrogen) atoms. The first-order valence-electron chi connectivity index (χ1n) is 9.74. The molecule has 1 aliphatic heterocycles. The van der Waals surface area contributed by atoms with Crippen LogP contribution in [-0.2, 0) is 9.53 Å². The lowest BCUT2D eigenvalue weighted by atomic mass is 9.96. The first-order chi connectivity index (χ1) is 15.3. The van der Waals surface area contributed by atoms with Gasteiger partial charge >= 0.3 is 5.97 Å². The minimum atomic E-state index is -0.797. The smallest absolute Gasteiger partial charge is 0.338 e. The summed E-state index contributed by atoms with van der Waals surface area (Å²) < 4.78 is 7.04. The van der Waals surface area contributed by atoms with E-state index in [2.05, 4.69) is 4.99 Å². The maximum absolute atomic E-state index is 13.5. The molecule has 0 radical (unpaired) electrons. The second-order valence-corrected chi connectivity index (χ2v) is 8.88. The first kappa shape index (κ1) is 22.3. The molecule has 0 saturated carbocycles. The fourth-order valence-corrected chi connectivity index (χ4v) is 5.02. The molecular weight excluding hydrogens is 471 g/mol. The lowest BCUT2D eigenvalue weighted by Crippen LogP contribution is -2.40. The Hall–Kier alpha value is -2.87. The molecule has 1 unspecified atom stereocenters. The second-order valence-electron chi connectivity index (χ2n) is 7.03. The zero-order valence-electron chi connectivity index (χ0n) is 17.1. The summed E-state index contributed by atoms with van der Waals surface area (Å²) in [5.41, 5.74) is 1.33. The molecule has 9 heteroatoms. The molecule has 164 valence electrons. The highest BCUT2D eigenvalue weighted by atomic mass is 35.5. The number of aromatic nitrogens is 1. The molecule has 2 aromatic carbocycles. The monoisotopic (exact) mass is 488 g/mol. The van der Waals surface area contributed by atoms with Gasteiger partial charge in [-0.15, -0.1) is 0 Å². The van der Waals surface area contributed by atoms with E-state index in [0.717, 1.165) is 11.3 Å². The standard InChI is InChI=1S/C23H18Cl2N2O4S/c1-3-31-22(30)19-12(2)26-23-27(20(19)15-6-4-5-7-16(15)25)21(29)18(32-23)11-13-10-14(24)8-9-17(13)28/h4-11,20,28H,3H2,1-2H3. The fourth-order valence-electron chi connectivity index (χ4n) is 3.56. The third-order valence-corrected chi connectivity index (χ3v) is 6.56. The molecule has 0 amide bonds. The maximum atomic E-state index is 13.5. The number of carbonyl (C=O) groups excluding carboxylic acids is 1. The van der Waals surface area contributed by atoms with Crippen molar-refractivity contribution in [3.63, 3.8) is 0 Å². The number of phenolic OH excluding ortho intramolecular Hbond substituents is 1. The molecule has 0 aliphatic carbocycles. The number of ether oxygens (including phenoxy) is 1. The highest BCUT2D eigenvalue weighted by Crippen LogP contribution is 2.34. The van der Waals surface area contributed by atoms with Crippen molar-refractivity contribution >= 4 is 46.6 Å². The van der Waals surface area contributed by atoms with Crippen molar-refractivity contribution in [2.75, 3.05) is 6.61 Å². The van der Waals surface area contributed by atoms with Crippen molar-refractivity contribution in [1.29, 1.82) is 0 Å². The Balaban J connectivity index is 2.00. The molecular formula is C23H18Cl2N2O4S. The molecule has 1 aliphatic rings. The van der Waals surface area contributed by atoms with E-state index in [0.29, 0.717) is 36.2 Å². The number of thiazole rings is 1. The van der Waals surface area contributed by atoms with Crippen molar-refractivity contribution in [2.24, 2.45) is 4.99 Å². The van der Waals surface area contributed by atoms with Gasteiger partial charge in [-0.2, -0.15) is 0 Å². The van der Waals surface area contributed by atoms with E-state index < -0.39 is 12.0 Å². The average molecular weight is 489 g/mol. The number of benzene rings is 2. The van der Waals surface area contributed by atoms with Crippen molar-refractivity contribution < 1.29 is 14.6 Å². The quantitative estimate of drug-likeness (QED) is 0.566. The number of phenols is 1. The van der Waals surface area contributed by atoms with Gasteiger partial charge in [0.05, 0.1) is 22.4 Å². The highest BCUT2D eigenvalue weighted by Gasteiger charge is 2.34. The van der Waals surface area contributed by atoms with Crippen LogP contribution in [0.4, 0.5) is 0 Å². The van der Waals surface area contributed by atoms with E-state index in [1.54, 1.807) is 56.3 Å². The number of carbonyl (C=O) groups is 1. The lowest BCUT2D eigenvalue weighted by Gasteiger charge is -2.25. The number of hydrogen-bond acceptors (Lipinski definition) is 6. The molecule has 1 N–H and O–H groups in total. The Labute approximate surface area is 197 Å². The third kappa shape index (κ3) is 3.99. The van der Waals surface area contributed by atoms with Gasteiger partial charge in [0.1, 0.15) is 11.8 Å². The number of halogens is 2. The van der Waals surface area contributed by atoms with E-state index in [-0.39, 0.29) is 23.5 Å². The molecule has 0 bridgehead atoms. The SMILES string of the molecule is CCOC(=O)C1=C(C)N=c2sc(=Cc3cc(Cl)ccc3O)c(=O)n2C1c1ccccc1Cl. The van der Waals surface area contributed by atoms with Gasteiger partial charge in [0, 0.05) is 15.6 Å². The summed E-state index contributed by atoms with van der Waals surface area (Å²) in [5, 5.41) is 11.0. The summed E-state index contributed by atoms with van der Waals surface area (Å²) in [5.74, 6) is -0.563. The van der Waals surface area contributed by atoms with Crippen LogP contribution in [0.15, 0.2) is 63.5 Å². The number of fused-ring (bicyclic) bond motifs is 1. The minimum Gasteiger partial charge on any atom is -0.507 e. The third-order valence-electron chi connectivity index (χ3n) is 4.99. The maximum Gasteiger partial charge on any atom is 0.338 e. The van der Waals surface area contributed by atoms with Crippen LogP contribution in [-0.4, -0.2) is 22.2 Å². The van der Waals surface area contributed by atoms with Gasteiger partial charge in [0.25, 0.3) is 5.56 Å². The van der Waals surface area contributed by atoms with Crippen LogP contribution in [0.3, 0.4) is 0 Å².